The second kappa shape index (κ2) is 31.4. The van der Waals surface area contributed by atoms with E-state index < -0.39 is 0 Å². The van der Waals surface area contributed by atoms with E-state index in [0.717, 1.165) is 118 Å². The summed E-state index contributed by atoms with van der Waals surface area (Å²) in [5.41, 5.74) is 39.8. The number of para-hydroxylation sites is 9. The molecule has 0 atom stereocenters. The van der Waals surface area contributed by atoms with Crippen LogP contribution in [0.4, 0.5) is 51.2 Å². The molecule has 0 N–H and O–H groups in total. The quantitative estimate of drug-likeness (QED) is 0.115. The normalized spacial score (nSPS) is 13.7. The third kappa shape index (κ3) is 12.7. The van der Waals surface area contributed by atoms with E-state index in [-0.39, 0.29) is 16.2 Å². The second-order valence-corrected chi connectivity index (χ2v) is 36.5. The van der Waals surface area contributed by atoms with Gasteiger partial charge in [0.25, 0.3) is 0 Å². The maximum Gasteiger partial charge on any atom is 0.101 e. The highest BCUT2D eigenvalue weighted by atomic mass is 15.3. The SMILES string of the molecule is CC1(C)c2ccccc2N(c2ccc3c(c2)c2cc(N4c5ccccc5C(C)(C)c5ccccc54)ccc2n3-c2ccc(-c3c(-c4ccccc4)nn(-c4ccccc4)c3-c3ccccc3)cc2)c2ccccc21.CC1(C)c2ccccc2N(c2ccc3c(c2)c2ccccc2n3-c2ccc(-c3c(-c4ccccc4)nn(-c4ccccc4)c3-c3ccccc3)cc2)c2ccccc21. The first-order valence-corrected chi connectivity index (χ1v) is 45.7. The van der Waals surface area contributed by atoms with Crippen LogP contribution in [0, 0.1) is 0 Å². The van der Waals surface area contributed by atoms with Crippen LogP contribution in [-0.4, -0.2) is 28.7 Å². The van der Waals surface area contributed by atoms with Crippen LogP contribution in [0.25, 0.3) is 134 Å². The molecule has 9 heteroatoms. The number of hydrogen-bond donors (Lipinski definition) is 0. The van der Waals surface area contributed by atoms with Crippen LogP contribution in [0.2, 0.25) is 0 Å². The Hall–Kier alpha value is -16.6. The molecule has 25 rings (SSSR count). The summed E-state index contributed by atoms with van der Waals surface area (Å²) in [4.78, 5) is 7.39. The first-order valence-electron chi connectivity index (χ1n) is 45.7. The molecule has 0 spiro atoms. The Morgan fingerprint density at radius 3 is 0.720 bits per heavy atom. The topological polar surface area (TPSA) is 55.2 Å². The highest BCUT2D eigenvalue weighted by molar-refractivity contribution is 6.14. The number of nitrogens with zero attached hydrogens (tertiary/aromatic N) is 9. The summed E-state index contributed by atoms with van der Waals surface area (Å²) in [6, 6.07) is 165. The van der Waals surface area contributed by atoms with Crippen molar-refractivity contribution in [2.24, 2.45) is 0 Å². The number of hydrogen-bond acceptors (Lipinski definition) is 5. The Morgan fingerprint density at radius 1 is 0.182 bits per heavy atom. The smallest absolute Gasteiger partial charge is 0.101 e. The standard InChI is InChI=1S/C69H53N5.C54H40N4/c1-68(2)55-28-14-18-32-61(55)72(62-33-19-15-29-56(62)68)51-40-42-59-53(44-51)54-45-52(73-63-34-20-16-30-57(63)69(3,4)58-31-17-21-35-64(58)73)41-43-60(54)71(59)49-38-36-46(37-39-49)65-66(47-22-8-5-9-23-47)70-74(50-26-12-7-13-27-50)67(65)48-24-10-6-11-25-48;1-54(2)45-25-13-16-28-49(45)57(50-29-17-14-26-46(50)54)42-34-35-48-44(36-42)43-24-12-15-27-47(43)56(48)40-32-30-37(31-33-40)51-52(38-18-6-3-7-19-38)55-58(41-22-10-5-11-23-41)53(51)39-20-8-4-9-21-39/h5-45H,1-4H3;3-36H,1-2H3. The number of fused-ring (bicyclic) bond motifs is 12. The molecule has 3 aliphatic rings. The van der Waals surface area contributed by atoms with E-state index in [4.69, 9.17) is 10.2 Å². The molecule has 7 heterocycles. The minimum Gasteiger partial charge on any atom is -0.310 e. The van der Waals surface area contributed by atoms with Crippen molar-refractivity contribution < 1.29 is 0 Å². The number of benzene rings is 18. The summed E-state index contributed by atoms with van der Waals surface area (Å²) >= 11 is 0. The van der Waals surface area contributed by atoms with Gasteiger partial charge in [0.05, 0.1) is 79.0 Å². The van der Waals surface area contributed by atoms with Gasteiger partial charge >= 0.3 is 0 Å². The van der Waals surface area contributed by atoms with Crippen molar-refractivity contribution in [3.05, 3.63) is 488 Å². The van der Waals surface area contributed by atoms with E-state index in [0.29, 0.717) is 0 Å². The zero-order chi connectivity index (χ0) is 88.5. The van der Waals surface area contributed by atoms with Gasteiger partial charge in [-0.1, -0.05) is 351 Å². The van der Waals surface area contributed by atoms with Crippen molar-refractivity contribution in [2.45, 2.75) is 57.8 Å². The lowest BCUT2D eigenvalue weighted by Gasteiger charge is -2.42. The van der Waals surface area contributed by atoms with Crippen molar-refractivity contribution in [3.63, 3.8) is 0 Å². The summed E-state index contributed by atoms with van der Waals surface area (Å²) in [7, 11) is 0. The van der Waals surface area contributed by atoms with Crippen molar-refractivity contribution in [1.29, 1.82) is 0 Å². The Bertz CT molecular complexity index is 7890. The molecule has 630 valence electrons. The predicted octanol–water partition coefficient (Wildman–Crippen LogP) is 32.3. The van der Waals surface area contributed by atoms with Gasteiger partial charge in [0.2, 0.25) is 0 Å². The highest BCUT2D eigenvalue weighted by Crippen LogP contribution is 2.58. The summed E-state index contributed by atoms with van der Waals surface area (Å²) in [5.74, 6) is 0. The monoisotopic (exact) mass is 1700 g/mol. The maximum absolute atomic E-state index is 5.43. The molecule has 0 unspecified atom stereocenters. The van der Waals surface area contributed by atoms with Crippen LogP contribution in [-0.2, 0) is 16.2 Å². The van der Waals surface area contributed by atoms with Crippen molar-refractivity contribution in [1.82, 2.24) is 28.7 Å². The number of anilines is 9. The molecule has 132 heavy (non-hydrogen) atoms. The van der Waals surface area contributed by atoms with Gasteiger partial charge in [-0.15, -0.1) is 0 Å². The maximum atomic E-state index is 5.43. The van der Waals surface area contributed by atoms with E-state index in [1.165, 1.54) is 100 Å². The van der Waals surface area contributed by atoms with Crippen LogP contribution in [0.3, 0.4) is 0 Å². The van der Waals surface area contributed by atoms with Gasteiger partial charge in [0, 0.05) is 99.6 Å². The van der Waals surface area contributed by atoms with Gasteiger partial charge < -0.3 is 23.8 Å². The van der Waals surface area contributed by atoms with E-state index in [2.05, 4.69) is 530 Å². The van der Waals surface area contributed by atoms with E-state index in [9.17, 15) is 0 Å². The van der Waals surface area contributed by atoms with Gasteiger partial charge in [-0.25, -0.2) is 9.36 Å². The predicted molar refractivity (Wildman–Crippen MR) is 549 cm³/mol. The van der Waals surface area contributed by atoms with E-state index in [1.54, 1.807) is 0 Å². The molecule has 3 aliphatic heterocycles. The van der Waals surface area contributed by atoms with Crippen molar-refractivity contribution >= 4 is 94.8 Å². The molecule has 18 aromatic carbocycles. The largest absolute Gasteiger partial charge is 0.310 e. The van der Waals surface area contributed by atoms with Crippen LogP contribution < -0.4 is 14.7 Å². The zero-order valence-electron chi connectivity index (χ0n) is 74.3. The van der Waals surface area contributed by atoms with Gasteiger partial charge in [-0.3, -0.25) is 0 Å². The summed E-state index contributed by atoms with van der Waals surface area (Å²) in [6.45, 7) is 14.1. The fraction of sp³-hybridized carbons (Fsp3) is 0.0732. The Morgan fingerprint density at radius 2 is 0.417 bits per heavy atom. The fourth-order valence-corrected chi connectivity index (χ4v) is 21.5. The van der Waals surface area contributed by atoms with Crippen molar-refractivity contribution in [3.8, 4) is 90.0 Å². The molecule has 0 radical (unpaired) electrons. The lowest BCUT2D eigenvalue weighted by molar-refractivity contribution is 0.632. The molecule has 9 nitrogen and oxygen atoms in total. The Balaban J connectivity index is 0.000000150. The third-order valence-electron chi connectivity index (χ3n) is 27.9. The van der Waals surface area contributed by atoms with Crippen molar-refractivity contribution in [2.75, 3.05) is 14.7 Å². The lowest BCUT2D eigenvalue weighted by Crippen LogP contribution is -2.30. The van der Waals surface area contributed by atoms with Gasteiger partial charge in [0.15, 0.2) is 0 Å². The first-order chi connectivity index (χ1) is 64.8. The van der Waals surface area contributed by atoms with Crippen LogP contribution in [0.15, 0.2) is 455 Å². The number of rotatable bonds is 13. The number of aromatic nitrogens is 6. The second-order valence-electron chi connectivity index (χ2n) is 36.5. The van der Waals surface area contributed by atoms with Crippen LogP contribution in [0.1, 0.15) is 74.9 Å². The minimum absolute atomic E-state index is 0.111. The Kier molecular flexibility index (Phi) is 18.8. The third-order valence-corrected chi connectivity index (χ3v) is 27.9. The lowest BCUT2D eigenvalue weighted by atomic mass is 9.73. The van der Waals surface area contributed by atoms with Crippen LogP contribution in [0.5, 0.6) is 0 Å². The summed E-state index contributed by atoms with van der Waals surface area (Å²) in [6.07, 6.45) is 0. The molecule has 0 aliphatic carbocycles. The molecule has 4 aromatic heterocycles. The minimum atomic E-state index is -0.162. The average Bonchev–Trinajstić information content (AvgIpc) is 1.45. The molecule has 0 saturated carbocycles. The molecular weight excluding hydrogens is 1600 g/mol. The van der Waals surface area contributed by atoms with Gasteiger partial charge in [0.1, 0.15) is 11.4 Å². The molecule has 0 bridgehead atoms. The molecule has 0 fully saturated rings. The van der Waals surface area contributed by atoms with Crippen LogP contribution >= 0.6 is 0 Å². The zero-order valence-corrected chi connectivity index (χ0v) is 74.3. The van der Waals surface area contributed by atoms with E-state index >= 15 is 0 Å². The summed E-state index contributed by atoms with van der Waals surface area (Å²) < 4.78 is 9.08. The summed E-state index contributed by atoms with van der Waals surface area (Å²) in [5, 5.41) is 15.6. The Labute approximate surface area is 769 Å². The first kappa shape index (κ1) is 78.8. The fourth-order valence-electron chi connectivity index (χ4n) is 21.5. The van der Waals surface area contributed by atoms with Gasteiger partial charge in [-0.05, 0) is 190 Å². The molecule has 0 amide bonds. The molecule has 22 aromatic rings. The van der Waals surface area contributed by atoms with E-state index in [1.807, 2.05) is 0 Å². The average molecular weight is 1700 g/mol. The highest BCUT2D eigenvalue weighted by Gasteiger charge is 2.41. The molecular formula is C123H93N9. The molecule has 0 saturated heterocycles. The van der Waals surface area contributed by atoms with Gasteiger partial charge in [-0.2, -0.15) is 10.2 Å².